The van der Waals surface area contributed by atoms with E-state index in [0.717, 1.165) is 0 Å². The van der Waals surface area contributed by atoms with Crippen molar-refractivity contribution in [2.24, 2.45) is 0 Å². The number of Topliss-reactive ketones (excluding diaryl/α,β-unsaturated/α-hetero) is 2. The summed E-state index contributed by atoms with van der Waals surface area (Å²) in [5.41, 5.74) is 0. The molecule has 1 unspecified atom stereocenters. The monoisotopic (exact) mass is 276 g/mol. The summed E-state index contributed by atoms with van der Waals surface area (Å²) >= 11 is 0. The van der Waals surface area contributed by atoms with Gasteiger partial charge in [0.15, 0.2) is 0 Å². The lowest BCUT2D eigenvalue weighted by atomic mass is 10.1. The van der Waals surface area contributed by atoms with Crippen molar-refractivity contribution in [1.82, 2.24) is 0 Å². The maximum absolute atomic E-state index is 12.2. The Bertz CT molecular complexity index is 272. The van der Waals surface area contributed by atoms with E-state index in [2.05, 4.69) is 0 Å². The van der Waals surface area contributed by atoms with Crippen LogP contribution >= 0.6 is 0 Å². The highest BCUT2D eigenvalue weighted by molar-refractivity contribution is 6.41. The van der Waals surface area contributed by atoms with Crippen molar-refractivity contribution in [2.45, 2.75) is 46.7 Å². The van der Waals surface area contributed by atoms with Gasteiger partial charge in [-0.15, -0.1) is 0 Å². The highest BCUT2D eigenvalue weighted by Gasteiger charge is 2.47. The van der Waals surface area contributed by atoms with Crippen LogP contribution in [0, 0.1) is 0 Å². The van der Waals surface area contributed by atoms with Crippen molar-refractivity contribution >= 4 is 11.6 Å². The van der Waals surface area contributed by atoms with Crippen molar-refractivity contribution < 1.29 is 28.5 Å². The number of hydrogen-bond donors (Lipinski definition) is 0. The third kappa shape index (κ3) is 4.99. The van der Waals surface area contributed by atoms with E-state index in [4.69, 9.17) is 18.9 Å². The molecule has 0 radical (unpaired) electrons. The van der Waals surface area contributed by atoms with Gasteiger partial charge in [0, 0.05) is 6.61 Å². The number of ketones is 2. The van der Waals surface area contributed by atoms with Crippen LogP contribution in [-0.2, 0) is 28.5 Å². The first-order valence-corrected chi connectivity index (χ1v) is 6.61. The minimum atomic E-state index is -1.96. The Morgan fingerprint density at radius 1 is 0.895 bits per heavy atom. The molecule has 0 spiro atoms. The van der Waals surface area contributed by atoms with Crippen LogP contribution in [0.25, 0.3) is 0 Å². The Labute approximate surface area is 114 Å². The van der Waals surface area contributed by atoms with Gasteiger partial charge in [-0.05, 0) is 34.6 Å². The van der Waals surface area contributed by atoms with E-state index in [9.17, 15) is 9.59 Å². The van der Waals surface area contributed by atoms with Gasteiger partial charge in [0.2, 0.25) is 5.78 Å². The van der Waals surface area contributed by atoms with Crippen LogP contribution in [0.2, 0.25) is 0 Å². The van der Waals surface area contributed by atoms with E-state index < -0.39 is 23.6 Å². The summed E-state index contributed by atoms with van der Waals surface area (Å²) in [6.45, 7) is 9.22. The molecule has 1 atom stereocenters. The van der Waals surface area contributed by atoms with Gasteiger partial charge >= 0.3 is 5.97 Å². The smallest absolute Gasteiger partial charge is 0.354 e. The molecule has 6 nitrogen and oxygen atoms in total. The molecule has 0 rings (SSSR count). The second-order valence-electron chi connectivity index (χ2n) is 3.65. The Balaban J connectivity index is 5.11. The van der Waals surface area contributed by atoms with Crippen LogP contribution in [0.5, 0.6) is 0 Å². The second-order valence-corrected chi connectivity index (χ2v) is 3.65. The quantitative estimate of drug-likeness (QED) is 0.418. The van der Waals surface area contributed by atoms with E-state index in [1.54, 1.807) is 27.7 Å². The summed E-state index contributed by atoms with van der Waals surface area (Å²) < 4.78 is 20.9. The van der Waals surface area contributed by atoms with Crippen LogP contribution in [-0.4, -0.2) is 50.1 Å². The second kappa shape index (κ2) is 9.14. The van der Waals surface area contributed by atoms with Gasteiger partial charge in [-0.2, -0.15) is 0 Å². The summed E-state index contributed by atoms with van der Waals surface area (Å²) in [4.78, 5) is 24.2. The summed E-state index contributed by atoms with van der Waals surface area (Å²) in [6, 6.07) is 0. The summed E-state index contributed by atoms with van der Waals surface area (Å²) in [5, 5.41) is 0. The van der Waals surface area contributed by atoms with E-state index in [-0.39, 0.29) is 19.8 Å². The fraction of sp³-hybridized carbons (Fsp3) is 0.846. The zero-order valence-corrected chi connectivity index (χ0v) is 12.4. The van der Waals surface area contributed by atoms with Crippen molar-refractivity contribution in [3.8, 4) is 0 Å². The third-order valence-electron chi connectivity index (χ3n) is 2.29. The van der Waals surface area contributed by atoms with Crippen molar-refractivity contribution in [2.75, 3.05) is 26.4 Å². The zero-order chi connectivity index (χ0) is 14.9. The lowest BCUT2D eigenvalue weighted by Crippen LogP contribution is -2.52. The molecule has 19 heavy (non-hydrogen) atoms. The van der Waals surface area contributed by atoms with Gasteiger partial charge in [0.1, 0.15) is 6.10 Å². The molecule has 0 aliphatic carbocycles. The topological polar surface area (TPSA) is 71.1 Å². The number of ether oxygens (including phenoxy) is 4. The van der Waals surface area contributed by atoms with Gasteiger partial charge in [-0.3, -0.25) is 9.59 Å². The average Bonchev–Trinajstić information content (AvgIpc) is 2.38. The Kier molecular flexibility index (Phi) is 8.75. The molecule has 0 aromatic carbocycles. The normalized spacial score (nSPS) is 13.3. The molecule has 0 aromatic rings. The van der Waals surface area contributed by atoms with E-state index in [1.807, 2.05) is 0 Å². The largest absolute Gasteiger partial charge is 0.371 e. The predicted molar refractivity (Wildman–Crippen MR) is 68.7 cm³/mol. The van der Waals surface area contributed by atoms with E-state index in [0.29, 0.717) is 6.61 Å². The fourth-order valence-electron chi connectivity index (χ4n) is 1.55. The van der Waals surface area contributed by atoms with Gasteiger partial charge in [0.05, 0.1) is 19.8 Å². The molecule has 6 heteroatoms. The number of carbonyl (C=O) groups excluding carboxylic acids is 2. The first-order valence-electron chi connectivity index (χ1n) is 6.61. The minimum Gasteiger partial charge on any atom is -0.371 e. The van der Waals surface area contributed by atoms with Gasteiger partial charge < -0.3 is 18.9 Å². The highest BCUT2D eigenvalue weighted by Crippen LogP contribution is 2.19. The Morgan fingerprint density at radius 2 is 1.32 bits per heavy atom. The molecule has 0 saturated carbocycles. The molecule has 0 aliphatic heterocycles. The molecule has 0 saturated heterocycles. The lowest BCUT2D eigenvalue weighted by molar-refractivity contribution is -0.347. The van der Waals surface area contributed by atoms with Crippen molar-refractivity contribution in [3.63, 3.8) is 0 Å². The highest BCUT2D eigenvalue weighted by atomic mass is 16.9. The molecular weight excluding hydrogens is 252 g/mol. The molecule has 112 valence electrons. The lowest BCUT2D eigenvalue weighted by Gasteiger charge is -2.30. The van der Waals surface area contributed by atoms with Gasteiger partial charge in [0.25, 0.3) is 5.78 Å². The van der Waals surface area contributed by atoms with Crippen LogP contribution < -0.4 is 0 Å². The summed E-state index contributed by atoms with van der Waals surface area (Å²) in [6.07, 6.45) is -0.849. The SMILES string of the molecule is CCOC(C)C(=O)C(=O)C(OCC)(OCC)OCC. The molecule has 0 bridgehead atoms. The summed E-state index contributed by atoms with van der Waals surface area (Å²) in [7, 11) is 0. The van der Waals surface area contributed by atoms with E-state index >= 15 is 0 Å². The molecule has 0 aliphatic rings. The van der Waals surface area contributed by atoms with Gasteiger partial charge in [-0.25, -0.2) is 0 Å². The minimum absolute atomic E-state index is 0.183. The maximum atomic E-state index is 12.2. The molecule has 0 heterocycles. The fourth-order valence-corrected chi connectivity index (χ4v) is 1.55. The maximum Gasteiger partial charge on any atom is 0.354 e. The first-order chi connectivity index (χ1) is 8.98. The van der Waals surface area contributed by atoms with Crippen LogP contribution in [0.1, 0.15) is 34.6 Å². The van der Waals surface area contributed by atoms with Crippen molar-refractivity contribution in [3.05, 3.63) is 0 Å². The first kappa shape index (κ1) is 18.2. The Hall–Kier alpha value is -0.820. The zero-order valence-electron chi connectivity index (χ0n) is 12.4. The molecule has 0 fully saturated rings. The molecule has 0 aromatic heterocycles. The molecule has 0 N–H and O–H groups in total. The number of hydrogen-bond acceptors (Lipinski definition) is 6. The number of carbonyl (C=O) groups is 2. The Morgan fingerprint density at radius 3 is 1.63 bits per heavy atom. The van der Waals surface area contributed by atoms with E-state index in [1.165, 1.54) is 6.92 Å². The van der Waals surface area contributed by atoms with Gasteiger partial charge in [-0.1, -0.05) is 0 Å². The van der Waals surface area contributed by atoms with Crippen LogP contribution in [0.15, 0.2) is 0 Å². The van der Waals surface area contributed by atoms with Crippen LogP contribution in [0.3, 0.4) is 0 Å². The van der Waals surface area contributed by atoms with Crippen LogP contribution in [0.4, 0.5) is 0 Å². The van der Waals surface area contributed by atoms with Crippen molar-refractivity contribution in [1.29, 1.82) is 0 Å². The third-order valence-corrected chi connectivity index (χ3v) is 2.29. The average molecular weight is 276 g/mol. The molecular formula is C13H24O6. The summed E-state index contributed by atoms with van der Waals surface area (Å²) in [5.74, 6) is -3.56. The number of rotatable bonds is 11. The molecule has 0 amide bonds. The standard InChI is InChI=1S/C13H24O6/c1-6-16-10(5)11(14)12(15)13(17-7-2,18-8-3)19-9-4/h10H,6-9H2,1-5H3. The predicted octanol–water partition coefficient (Wildman–Crippen LogP) is 1.31.